The van der Waals surface area contributed by atoms with Gasteiger partial charge < -0.3 is 25.8 Å². The van der Waals surface area contributed by atoms with Gasteiger partial charge in [-0.05, 0) is 97.9 Å². The molecule has 2 amide bonds. The zero-order valence-corrected chi connectivity index (χ0v) is 26.8. The molecule has 7 rings (SSSR count). The molecule has 2 aliphatic carbocycles. The van der Waals surface area contributed by atoms with Crippen LogP contribution in [0.1, 0.15) is 86.5 Å². The molecule has 248 valence electrons. The molecule has 0 radical (unpaired) electrons. The molecule has 2 saturated heterocycles. The van der Waals surface area contributed by atoms with Crippen molar-refractivity contribution in [3.8, 4) is 5.75 Å². The quantitative estimate of drug-likeness (QED) is 0.241. The maximum absolute atomic E-state index is 16.5. The Hall–Kier alpha value is -3.53. The van der Waals surface area contributed by atoms with E-state index in [-0.39, 0.29) is 35.7 Å². The lowest BCUT2D eigenvalue weighted by Gasteiger charge is -2.41. The number of carbonyl (C=O) groups excluding carboxylic acids is 2. The molecule has 10 heteroatoms. The van der Waals surface area contributed by atoms with Crippen molar-refractivity contribution in [3.05, 3.63) is 88.5 Å². The number of aliphatic hydroxyl groups is 1. The number of aliphatic hydroxyl groups excluding tert-OH is 1. The van der Waals surface area contributed by atoms with Crippen molar-refractivity contribution in [1.29, 1.82) is 0 Å². The van der Waals surface area contributed by atoms with Crippen molar-refractivity contribution >= 4 is 34.2 Å². The van der Waals surface area contributed by atoms with Crippen LogP contribution in [0.2, 0.25) is 0 Å². The van der Waals surface area contributed by atoms with Gasteiger partial charge >= 0.3 is 5.92 Å². The van der Waals surface area contributed by atoms with E-state index in [1.165, 1.54) is 17.0 Å². The van der Waals surface area contributed by atoms with E-state index in [1.807, 2.05) is 24.3 Å². The van der Waals surface area contributed by atoms with Gasteiger partial charge in [0.1, 0.15) is 5.75 Å². The molecular formula is C37H40ClF2N3O4. The molecule has 4 N–H and O–H groups in total. The van der Waals surface area contributed by atoms with E-state index >= 15 is 8.78 Å². The SMILES string of the molecule is NC1CC2CCC(C1)N2C(=O)[C@@H](NC(=O)[C@H](O)c1ccc2cc(OC3CCCC3)ccc2c1)C(F)(F)c1ccc([C@H]2CC=C2Cl)cc1. The monoisotopic (exact) mass is 663 g/mol. The largest absolute Gasteiger partial charge is 0.490 e. The van der Waals surface area contributed by atoms with Crippen LogP contribution in [0.3, 0.4) is 0 Å². The number of hydrogen-bond donors (Lipinski definition) is 3. The van der Waals surface area contributed by atoms with Crippen LogP contribution in [-0.2, 0) is 15.5 Å². The van der Waals surface area contributed by atoms with E-state index in [0.29, 0.717) is 30.7 Å². The van der Waals surface area contributed by atoms with E-state index in [1.54, 1.807) is 30.3 Å². The van der Waals surface area contributed by atoms with Crippen LogP contribution < -0.4 is 15.8 Å². The minimum absolute atomic E-state index is 0.0341. The Morgan fingerprint density at radius 3 is 2.26 bits per heavy atom. The molecule has 2 unspecified atom stereocenters. The number of alkyl halides is 2. The first-order valence-electron chi connectivity index (χ1n) is 16.7. The van der Waals surface area contributed by atoms with E-state index in [0.717, 1.165) is 54.2 Å². The summed E-state index contributed by atoms with van der Waals surface area (Å²) < 4.78 is 39.1. The van der Waals surface area contributed by atoms with Crippen LogP contribution in [0, 0.1) is 0 Å². The van der Waals surface area contributed by atoms with E-state index in [2.05, 4.69) is 5.32 Å². The fraction of sp³-hybridized carbons (Fsp3) is 0.459. The first kappa shape index (κ1) is 32.0. The van der Waals surface area contributed by atoms with Gasteiger partial charge in [-0.2, -0.15) is 8.78 Å². The van der Waals surface area contributed by atoms with Crippen LogP contribution in [0.25, 0.3) is 10.8 Å². The molecular weight excluding hydrogens is 624 g/mol. The highest BCUT2D eigenvalue weighted by Crippen LogP contribution is 2.42. The maximum atomic E-state index is 16.5. The topological polar surface area (TPSA) is 105 Å². The summed E-state index contributed by atoms with van der Waals surface area (Å²) in [5.41, 5.74) is 6.82. The average molecular weight is 664 g/mol. The minimum atomic E-state index is -3.78. The second-order valence-corrected chi connectivity index (χ2v) is 14.1. The number of allylic oxidation sites excluding steroid dienone is 2. The van der Waals surface area contributed by atoms with Gasteiger partial charge in [-0.1, -0.05) is 60.1 Å². The summed E-state index contributed by atoms with van der Waals surface area (Å²) in [5, 5.41) is 15.7. The van der Waals surface area contributed by atoms with Gasteiger partial charge in [-0.3, -0.25) is 9.59 Å². The van der Waals surface area contributed by atoms with Crippen molar-refractivity contribution in [2.45, 2.75) is 106 Å². The van der Waals surface area contributed by atoms with Gasteiger partial charge in [0.2, 0.25) is 0 Å². The molecule has 0 aromatic heterocycles. The predicted octanol–water partition coefficient (Wildman–Crippen LogP) is 6.56. The van der Waals surface area contributed by atoms with Crippen LogP contribution in [0.4, 0.5) is 8.78 Å². The zero-order chi connectivity index (χ0) is 32.9. The highest BCUT2D eigenvalue weighted by atomic mass is 35.5. The number of nitrogens with zero attached hydrogens (tertiary/aromatic N) is 1. The molecule has 0 spiro atoms. The van der Waals surface area contributed by atoms with Gasteiger partial charge in [0.15, 0.2) is 12.1 Å². The molecule has 4 aliphatic rings. The summed E-state index contributed by atoms with van der Waals surface area (Å²) >= 11 is 6.19. The third-order valence-corrected chi connectivity index (χ3v) is 10.9. The number of piperidine rings is 1. The summed E-state index contributed by atoms with van der Waals surface area (Å²) in [6.07, 6.45) is 7.81. The zero-order valence-electron chi connectivity index (χ0n) is 26.1. The minimum Gasteiger partial charge on any atom is -0.490 e. The molecule has 5 atom stereocenters. The fourth-order valence-electron chi connectivity index (χ4n) is 7.82. The Balaban J connectivity index is 1.13. The van der Waals surface area contributed by atoms with Crippen molar-refractivity contribution in [2.24, 2.45) is 5.73 Å². The van der Waals surface area contributed by atoms with Crippen molar-refractivity contribution in [1.82, 2.24) is 10.2 Å². The molecule has 3 fully saturated rings. The van der Waals surface area contributed by atoms with E-state index < -0.39 is 35.4 Å². The van der Waals surface area contributed by atoms with Gasteiger partial charge in [0, 0.05) is 34.6 Å². The van der Waals surface area contributed by atoms with E-state index in [4.69, 9.17) is 22.1 Å². The Kier molecular flexibility index (Phi) is 8.74. The number of nitrogens with two attached hydrogens (primary N) is 1. The lowest BCUT2D eigenvalue weighted by molar-refractivity contribution is -0.155. The average Bonchev–Trinajstić information content (AvgIpc) is 3.67. The van der Waals surface area contributed by atoms with Crippen LogP contribution in [-0.4, -0.2) is 52.1 Å². The lowest BCUT2D eigenvalue weighted by atomic mass is 9.86. The molecule has 47 heavy (non-hydrogen) atoms. The number of hydrogen-bond acceptors (Lipinski definition) is 5. The number of halogens is 3. The highest BCUT2D eigenvalue weighted by molar-refractivity contribution is 6.31. The summed E-state index contributed by atoms with van der Waals surface area (Å²) in [6, 6.07) is 13.5. The molecule has 3 aromatic carbocycles. The third-order valence-electron chi connectivity index (χ3n) is 10.5. The molecule has 2 heterocycles. The van der Waals surface area contributed by atoms with Crippen molar-refractivity contribution < 1.29 is 28.2 Å². The first-order valence-corrected chi connectivity index (χ1v) is 17.1. The maximum Gasteiger partial charge on any atom is 0.301 e. The van der Waals surface area contributed by atoms with Crippen LogP contribution >= 0.6 is 11.6 Å². The second kappa shape index (κ2) is 12.8. The van der Waals surface area contributed by atoms with Crippen molar-refractivity contribution in [2.75, 3.05) is 0 Å². The highest BCUT2D eigenvalue weighted by Gasteiger charge is 2.53. The Morgan fingerprint density at radius 1 is 0.957 bits per heavy atom. The van der Waals surface area contributed by atoms with E-state index in [9.17, 15) is 14.7 Å². The third kappa shape index (κ3) is 6.25. The number of fused-ring (bicyclic) bond motifs is 3. The Morgan fingerprint density at radius 2 is 1.62 bits per heavy atom. The van der Waals surface area contributed by atoms with Gasteiger partial charge in [-0.15, -0.1) is 0 Å². The fourth-order valence-corrected chi connectivity index (χ4v) is 8.12. The summed E-state index contributed by atoms with van der Waals surface area (Å²) in [7, 11) is 0. The molecule has 1 saturated carbocycles. The second-order valence-electron chi connectivity index (χ2n) is 13.6. The lowest BCUT2D eigenvalue weighted by Crippen LogP contribution is -2.61. The Labute approximate surface area is 278 Å². The van der Waals surface area contributed by atoms with Crippen molar-refractivity contribution in [3.63, 3.8) is 0 Å². The molecule has 2 bridgehead atoms. The normalized spacial score (nSPS) is 25.6. The van der Waals surface area contributed by atoms with Gasteiger partial charge in [0.25, 0.3) is 11.8 Å². The van der Waals surface area contributed by atoms with Crippen LogP contribution in [0.15, 0.2) is 71.8 Å². The number of benzene rings is 3. The first-order chi connectivity index (χ1) is 22.6. The van der Waals surface area contributed by atoms with Gasteiger partial charge in [-0.25, -0.2) is 0 Å². The van der Waals surface area contributed by atoms with Crippen LogP contribution in [0.5, 0.6) is 5.75 Å². The Bertz CT molecular complexity index is 1680. The summed E-state index contributed by atoms with van der Waals surface area (Å²) in [5.74, 6) is -4.99. The number of amides is 2. The number of carbonyl (C=O) groups is 2. The molecule has 3 aromatic rings. The smallest absolute Gasteiger partial charge is 0.301 e. The molecule has 7 nitrogen and oxygen atoms in total. The number of rotatable bonds is 9. The number of nitrogens with one attached hydrogen (secondary N) is 1. The van der Waals surface area contributed by atoms with Gasteiger partial charge in [0.05, 0.1) is 6.10 Å². The summed E-state index contributed by atoms with van der Waals surface area (Å²) in [4.78, 5) is 29.1. The number of ether oxygens (including phenoxy) is 1. The predicted molar refractivity (Wildman–Crippen MR) is 176 cm³/mol. The molecule has 2 aliphatic heterocycles. The summed E-state index contributed by atoms with van der Waals surface area (Å²) in [6.45, 7) is 0. The standard InChI is InChI=1S/C37H40ClF2N3O4/c38-32-16-15-31(32)21-7-10-25(11-8-21)37(39,40)34(36(46)43-27-12-13-28(43)20-26(41)19-27)42-35(45)33(44)24-6-5-23-18-30(14-9-22(23)17-24)47-29-3-1-2-4-29/h5-11,14,16-18,26-29,31,33-34,44H,1-4,12-13,15,19-20,41H2,(H,42,45)/t26?,27?,28?,31-,33-,34-/m1/s1.